The molecule has 0 unspecified atom stereocenters. The van der Waals surface area contributed by atoms with E-state index in [0.717, 1.165) is 29.9 Å². The topological polar surface area (TPSA) is 47.8 Å². The standard InChI is InChI=1S/C11H10N2.C7H15N/c1-8-4-5-13-11-3-2-9(7-12)6-10(8)11;1-4-7(2)5-6-8-3/h2-4,6,13H,5H2,1H3;5,8H,4,6H2,1-3H3/b;7-5-. The van der Waals surface area contributed by atoms with Crippen LogP contribution in [0.1, 0.15) is 38.3 Å². The van der Waals surface area contributed by atoms with E-state index in [-0.39, 0.29) is 0 Å². The molecule has 0 fully saturated rings. The van der Waals surface area contributed by atoms with Gasteiger partial charge in [0.15, 0.2) is 0 Å². The Hall–Kier alpha value is -2.05. The van der Waals surface area contributed by atoms with Crippen LogP contribution in [0.2, 0.25) is 0 Å². The lowest BCUT2D eigenvalue weighted by Crippen LogP contribution is -2.06. The lowest BCUT2D eigenvalue weighted by Gasteiger charge is -2.16. The van der Waals surface area contributed by atoms with Gasteiger partial charge in [0.1, 0.15) is 0 Å². The van der Waals surface area contributed by atoms with Crippen molar-refractivity contribution in [3.63, 3.8) is 0 Å². The molecule has 3 heteroatoms. The fourth-order valence-corrected chi connectivity index (χ4v) is 1.94. The summed E-state index contributed by atoms with van der Waals surface area (Å²) in [5.41, 5.74) is 5.68. The van der Waals surface area contributed by atoms with Crippen molar-refractivity contribution in [2.75, 3.05) is 25.5 Å². The number of likely N-dealkylation sites (N-methyl/N-ethyl adjacent to an activating group) is 1. The molecule has 1 aromatic rings. The normalized spacial score (nSPS) is 13.1. The van der Waals surface area contributed by atoms with E-state index in [1.54, 1.807) is 0 Å². The van der Waals surface area contributed by atoms with Crippen LogP contribution in [0.3, 0.4) is 0 Å². The zero-order chi connectivity index (χ0) is 15.7. The molecule has 0 saturated heterocycles. The van der Waals surface area contributed by atoms with Gasteiger partial charge in [0, 0.05) is 24.3 Å². The van der Waals surface area contributed by atoms with E-state index in [0.29, 0.717) is 0 Å². The summed E-state index contributed by atoms with van der Waals surface area (Å²) in [5, 5.41) is 15.1. The van der Waals surface area contributed by atoms with Crippen molar-refractivity contribution >= 4 is 11.3 Å². The number of nitriles is 1. The number of hydrogen-bond donors (Lipinski definition) is 2. The predicted molar refractivity (Wildman–Crippen MR) is 91.3 cm³/mol. The lowest BCUT2D eigenvalue weighted by atomic mass is 10.00. The van der Waals surface area contributed by atoms with Crippen LogP contribution in [0, 0.1) is 11.3 Å². The van der Waals surface area contributed by atoms with E-state index in [1.165, 1.54) is 17.6 Å². The maximum Gasteiger partial charge on any atom is 0.0991 e. The van der Waals surface area contributed by atoms with Crippen molar-refractivity contribution in [2.24, 2.45) is 0 Å². The third-order valence-corrected chi connectivity index (χ3v) is 3.49. The lowest BCUT2D eigenvalue weighted by molar-refractivity contribution is 0.904. The first-order chi connectivity index (χ1) is 10.1. The zero-order valence-corrected chi connectivity index (χ0v) is 13.5. The van der Waals surface area contributed by atoms with Crippen molar-refractivity contribution < 1.29 is 0 Å². The monoisotopic (exact) mass is 283 g/mol. The molecule has 3 nitrogen and oxygen atoms in total. The molecule has 0 aromatic heterocycles. The first-order valence-corrected chi connectivity index (χ1v) is 7.37. The molecule has 0 atom stereocenters. The molecular weight excluding hydrogens is 258 g/mol. The Kier molecular flexibility index (Phi) is 7.28. The van der Waals surface area contributed by atoms with Crippen LogP contribution in [-0.2, 0) is 0 Å². The van der Waals surface area contributed by atoms with Crippen molar-refractivity contribution in [3.05, 3.63) is 47.1 Å². The average molecular weight is 283 g/mol. The van der Waals surface area contributed by atoms with Crippen LogP contribution in [0.4, 0.5) is 5.69 Å². The van der Waals surface area contributed by atoms with Gasteiger partial charge in [-0.1, -0.05) is 24.6 Å². The number of hydrogen-bond acceptors (Lipinski definition) is 3. The van der Waals surface area contributed by atoms with E-state index in [4.69, 9.17) is 5.26 Å². The number of nitrogens with zero attached hydrogens (tertiary/aromatic N) is 1. The molecule has 112 valence electrons. The van der Waals surface area contributed by atoms with E-state index in [2.05, 4.69) is 49.6 Å². The van der Waals surface area contributed by atoms with Gasteiger partial charge in [0.25, 0.3) is 0 Å². The average Bonchev–Trinajstić information content (AvgIpc) is 2.53. The number of nitrogens with one attached hydrogen (secondary N) is 2. The molecule has 0 spiro atoms. The Morgan fingerprint density at radius 1 is 1.48 bits per heavy atom. The maximum absolute atomic E-state index is 8.74. The summed E-state index contributed by atoms with van der Waals surface area (Å²) in [6.07, 6.45) is 5.51. The van der Waals surface area contributed by atoms with Gasteiger partial charge in [0.2, 0.25) is 0 Å². The second-order valence-corrected chi connectivity index (χ2v) is 5.10. The number of allylic oxidation sites excluding steroid dienone is 2. The molecule has 1 aliphatic rings. The third kappa shape index (κ3) is 5.45. The van der Waals surface area contributed by atoms with Gasteiger partial charge in [-0.05, 0) is 51.1 Å². The van der Waals surface area contributed by atoms with Gasteiger partial charge in [-0.15, -0.1) is 0 Å². The summed E-state index contributed by atoms with van der Waals surface area (Å²) in [6.45, 7) is 8.27. The van der Waals surface area contributed by atoms with Crippen LogP contribution in [0.5, 0.6) is 0 Å². The van der Waals surface area contributed by atoms with Gasteiger partial charge in [-0.2, -0.15) is 5.26 Å². The van der Waals surface area contributed by atoms with E-state index >= 15 is 0 Å². The molecule has 1 heterocycles. The van der Waals surface area contributed by atoms with Crippen LogP contribution in [0.25, 0.3) is 5.57 Å². The van der Waals surface area contributed by atoms with Crippen molar-refractivity contribution in [1.82, 2.24) is 5.32 Å². The number of fused-ring (bicyclic) bond motifs is 1. The van der Waals surface area contributed by atoms with Crippen molar-refractivity contribution in [3.8, 4) is 6.07 Å². The Labute approximate surface area is 128 Å². The summed E-state index contributed by atoms with van der Waals surface area (Å²) in [5.74, 6) is 0. The quantitative estimate of drug-likeness (QED) is 0.826. The highest BCUT2D eigenvalue weighted by Crippen LogP contribution is 2.27. The molecule has 0 saturated carbocycles. The third-order valence-electron chi connectivity index (χ3n) is 3.49. The Morgan fingerprint density at radius 3 is 2.86 bits per heavy atom. The van der Waals surface area contributed by atoms with Crippen molar-refractivity contribution in [2.45, 2.75) is 27.2 Å². The molecule has 0 bridgehead atoms. The summed E-state index contributed by atoms with van der Waals surface area (Å²) in [7, 11) is 1.96. The predicted octanol–water partition coefficient (Wildman–Crippen LogP) is 3.95. The first-order valence-electron chi connectivity index (χ1n) is 7.37. The zero-order valence-electron chi connectivity index (χ0n) is 13.5. The summed E-state index contributed by atoms with van der Waals surface area (Å²) >= 11 is 0. The Bertz CT molecular complexity index is 562. The molecule has 0 radical (unpaired) electrons. The molecule has 1 aromatic carbocycles. The maximum atomic E-state index is 8.74. The smallest absolute Gasteiger partial charge is 0.0991 e. The second kappa shape index (κ2) is 8.99. The number of anilines is 1. The fraction of sp³-hybridized carbons (Fsp3) is 0.389. The number of rotatable bonds is 3. The van der Waals surface area contributed by atoms with Crippen molar-refractivity contribution in [1.29, 1.82) is 5.26 Å². The minimum Gasteiger partial charge on any atom is -0.381 e. The highest BCUT2D eigenvalue weighted by atomic mass is 14.9. The van der Waals surface area contributed by atoms with Gasteiger partial charge >= 0.3 is 0 Å². The van der Waals surface area contributed by atoms with E-state index in [1.807, 2.05) is 25.2 Å². The van der Waals surface area contributed by atoms with E-state index < -0.39 is 0 Å². The van der Waals surface area contributed by atoms with Crippen LogP contribution < -0.4 is 10.6 Å². The molecular formula is C18H25N3. The highest BCUT2D eigenvalue weighted by molar-refractivity contribution is 5.79. The highest BCUT2D eigenvalue weighted by Gasteiger charge is 2.08. The minimum atomic E-state index is 0.718. The Balaban J connectivity index is 0.000000240. The largest absolute Gasteiger partial charge is 0.381 e. The SMILES string of the molecule is CC/C(C)=C\CNC.CC1=CCNc2ccc(C#N)cc21. The van der Waals surface area contributed by atoms with Crippen LogP contribution in [-0.4, -0.2) is 20.1 Å². The fourth-order valence-electron chi connectivity index (χ4n) is 1.94. The molecule has 1 aliphatic heterocycles. The molecule has 21 heavy (non-hydrogen) atoms. The molecule has 0 aliphatic carbocycles. The van der Waals surface area contributed by atoms with E-state index in [9.17, 15) is 0 Å². The minimum absolute atomic E-state index is 0.718. The molecule has 2 N–H and O–H groups in total. The van der Waals surface area contributed by atoms with Crippen LogP contribution in [0.15, 0.2) is 35.9 Å². The van der Waals surface area contributed by atoms with Crippen LogP contribution >= 0.6 is 0 Å². The molecule has 2 rings (SSSR count). The molecule has 0 amide bonds. The first kappa shape index (κ1) is 17.0. The van der Waals surface area contributed by atoms with Gasteiger partial charge in [0.05, 0.1) is 11.6 Å². The second-order valence-electron chi connectivity index (χ2n) is 5.10. The van der Waals surface area contributed by atoms with Gasteiger partial charge < -0.3 is 10.6 Å². The van der Waals surface area contributed by atoms with Gasteiger partial charge in [-0.25, -0.2) is 0 Å². The number of benzene rings is 1. The summed E-state index contributed by atoms with van der Waals surface area (Å²) in [6, 6.07) is 7.87. The Morgan fingerprint density at radius 2 is 2.24 bits per heavy atom. The van der Waals surface area contributed by atoms with Gasteiger partial charge in [-0.3, -0.25) is 0 Å². The summed E-state index contributed by atoms with van der Waals surface area (Å²) in [4.78, 5) is 0. The summed E-state index contributed by atoms with van der Waals surface area (Å²) < 4.78 is 0.